The first-order chi connectivity index (χ1) is 13.0. The molecule has 140 valence electrons. The summed E-state index contributed by atoms with van der Waals surface area (Å²) in [5, 5.41) is 5.07. The van der Waals surface area contributed by atoms with Gasteiger partial charge in [-0.1, -0.05) is 48.5 Å². The molecule has 0 aliphatic heterocycles. The van der Waals surface area contributed by atoms with Gasteiger partial charge < -0.3 is 14.8 Å². The molecule has 4 nitrogen and oxygen atoms in total. The fourth-order valence-electron chi connectivity index (χ4n) is 2.88. The van der Waals surface area contributed by atoms with Gasteiger partial charge in [-0.25, -0.2) is 0 Å². The number of carbonyl (C=O) groups excluding carboxylic acids is 1. The third kappa shape index (κ3) is 4.79. The average molecular weight is 363 g/mol. The molecule has 0 radical (unpaired) electrons. The Bertz CT molecular complexity index is 931. The van der Waals surface area contributed by atoms with E-state index in [2.05, 4.69) is 17.4 Å². The van der Waals surface area contributed by atoms with Crippen LogP contribution in [-0.4, -0.2) is 25.2 Å². The molecule has 1 amide bonds. The molecular formula is C23H25NO3. The molecule has 3 aromatic carbocycles. The maximum Gasteiger partial charge on any atom is 0.260 e. The van der Waals surface area contributed by atoms with Gasteiger partial charge in [0.05, 0.1) is 6.54 Å². The van der Waals surface area contributed by atoms with Crippen LogP contribution in [0.2, 0.25) is 0 Å². The summed E-state index contributed by atoms with van der Waals surface area (Å²) in [4.78, 5) is 12.3. The van der Waals surface area contributed by atoms with Crippen LogP contribution in [0.1, 0.15) is 18.1 Å². The fourth-order valence-corrected chi connectivity index (χ4v) is 2.88. The summed E-state index contributed by atoms with van der Waals surface area (Å²) in [6.45, 7) is 6.54. The first kappa shape index (κ1) is 18.8. The van der Waals surface area contributed by atoms with Gasteiger partial charge in [0.2, 0.25) is 0 Å². The van der Waals surface area contributed by atoms with Crippen LogP contribution in [0, 0.1) is 13.8 Å². The summed E-state index contributed by atoms with van der Waals surface area (Å²) in [6.07, 6.45) is -0.567. The molecule has 27 heavy (non-hydrogen) atoms. The van der Waals surface area contributed by atoms with Gasteiger partial charge in [-0.15, -0.1) is 0 Å². The number of benzene rings is 3. The zero-order valence-electron chi connectivity index (χ0n) is 16.0. The Morgan fingerprint density at radius 1 is 1.00 bits per heavy atom. The lowest BCUT2D eigenvalue weighted by Crippen LogP contribution is -2.38. The van der Waals surface area contributed by atoms with Gasteiger partial charge in [-0.2, -0.15) is 0 Å². The number of fused-ring (bicyclic) bond motifs is 1. The van der Waals surface area contributed by atoms with E-state index in [4.69, 9.17) is 9.47 Å². The van der Waals surface area contributed by atoms with Gasteiger partial charge >= 0.3 is 0 Å². The van der Waals surface area contributed by atoms with E-state index in [9.17, 15) is 4.79 Å². The predicted octanol–water partition coefficient (Wildman–Crippen LogP) is 4.42. The number of hydrogen-bond donors (Lipinski definition) is 1. The summed E-state index contributed by atoms with van der Waals surface area (Å²) >= 11 is 0. The van der Waals surface area contributed by atoms with Crippen molar-refractivity contribution in [2.24, 2.45) is 0 Å². The van der Waals surface area contributed by atoms with Crippen molar-refractivity contribution in [2.75, 3.05) is 13.2 Å². The Morgan fingerprint density at radius 2 is 1.78 bits per heavy atom. The Morgan fingerprint density at radius 3 is 2.63 bits per heavy atom. The Kier molecular flexibility index (Phi) is 5.97. The summed E-state index contributed by atoms with van der Waals surface area (Å²) in [5.41, 5.74) is 2.12. The Labute approximate surface area is 160 Å². The SMILES string of the molecule is Cc1ccc(C)c(O[C@H](C)C(=O)NCCOc2cccc3ccccc23)c1. The highest BCUT2D eigenvalue weighted by molar-refractivity contribution is 5.88. The molecular weight excluding hydrogens is 338 g/mol. The quantitative estimate of drug-likeness (QED) is 0.632. The van der Waals surface area contributed by atoms with Crippen LogP contribution < -0.4 is 14.8 Å². The highest BCUT2D eigenvalue weighted by atomic mass is 16.5. The number of amides is 1. The number of rotatable bonds is 7. The van der Waals surface area contributed by atoms with Crippen molar-refractivity contribution >= 4 is 16.7 Å². The zero-order valence-corrected chi connectivity index (χ0v) is 16.0. The minimum absolute atomic E-state index is 0.155. The Hall–Kier alpha value is -3.01. The van der Waals surface area contributed by atoms with E-state index in [0.29, 0.717) is 13.2 Å². The van der Waals surface area contributed by atoms with Gasteiger partial charge in [0.25, 0.3) is 5.91 Å². The van der Waals surface area contributed by atoms with E-state index in [1.165, 1.54) is 0 Å². The first-order valence-electron chi connectivity index (χ1n) is 9.17. The average Bonchev–Trinajstić information content (AvgIpc) is 2.68. The van der Waals surface area contributed by atoms with Crippen LogP contribution in [0.15, 0.2) is 60.7 Å². The molecule has 0 aliphatic carbocycles. The molecule has 0 aliphatic rings. The Balaban J connectivity index is 1.49. The standard InChI is InChI=1S/C23H25NO3/c1-16-11-12-17(2)22(15-16)27-18(3)23(25)24-13-14-26-21-10-6-8-19-7-4-5-9-20(19)21/h4-12,15,18H,13-14H2,1-3H3,(H,24,25)/t18-/m1/s1. The van der Waals surface area contributed by atoms with E-state index >= 15 is 0 Å². The molecule has 0 unspecified atom stereocenters. The van der Waals surface area contributed by atoms with Gasteiger partial charge in [-0.3, -0.25) is 4.79 Å². The third-order valence-corrected chi connectivity index (χ3v) is 4.43. The predicted molar refractivity (Wildman–Crippen MR) is 108 cm³/mol. The maximum atomic E-state index is 12.3. The lowest BCUT2D eigenvalue weighted by atomic mass is 10.1. The van der Waals surface area contributed by atoms with E-state index < -0.39 is 6.10 Å². The topological polar surface area (TPSA) is 47.6 Å². The number of hydrogen-bond acceptors (Lipinski definition) is 3. The lowest BCUT2D eigenvalue weighted by molar-refractivity contribution is -0.127. The summed E-state index contributed by atoms with van der Waals surface area (Å²) in [7, 11) is 0. The molecule has 0 aromatic heterocycles. The molecule has 0 spiro atoms. The van der Waals surface area contributed by atoms with Crippen LogP contribution >= 0.6 is 0 Å². The largest absolute Gasteiger partial charge is 0.491 e. The normalized spacial score (nSPS) is 11.8. The van der Waals surface area contributed by atoms with Crippen molar-refractivity contribution in [3.63, 3.8) is 0 Å². The molecule has 1 atom stereocenters. The smallest absolute Gasteiger partial charge is 0.260 e. The minimum atomic E-state index is -0.567. The molecule has 0 saturated heterocycles. The van der Waals surface area contributed by atoms with E-state index in [1.807, 2.05) is 62.4 Å². The molecule has 0 fully saturated rings. The summed E-state index contributed by atoms with van der Waals surface area (Å²) in [6, 6.07) is 20.0. The molecule has 0 bridgehead atoms. The summed E-state index contributed by atoms with van der Waals surface area (Å²) < 4.78 is 11.7. The van der Waals surface area contributed by atoms with Crippen LogP contribution in [-0.2, 0) is 4.79 Å². The monoisotopic (exact) mass is 363 g/mol. The molecule has 0 heterocycles. The lowest BCUT2D eigenvalue weighted by Gasteiger charge is -2.17. The number of ether oxygens (including phenoxy) is 2. The van der Waals surface area contributed by atoms with Gasteiger partial charge in [0, 0.05) is 5.39 Å². The van der Waals surface area contributed by atoms with Gasteiger partial charge in [0.1, 0.15) is 18.1 Å². The number of nitrogens with one attached hydrogen (secondary N) is 1. The van der Waals surface area contributed by atoms with Gasteiger partial charge in [-0.05, 0) is 49.4 Å². The minimum Gasteiger partial charge on any atom is -0.491 e. The highest BCUT2D eigenvalue weighted by Crippen LogP contribution is 2.25. The van der Waals surface area contributed by atoms with E-state index in [1.54, 1.807) is 6.92 Å². The van der Waals surface area contributed by atoms with Crippen LogP contribution in [0.4, 0.5) is 0 Å². The molecule has 3 aromatic rings. The highest BCUT2D eigenvalue weighted by Gasteiger charge is 2.15. The summed E-state index contributed by atoms with van der Waals surface area (Å²) in [5.74, 6) is 1.41. The second-order valence-electron chi connectivity index (χ2n) is 6.65. The van der Waals surface area contributed by atoms with Crippen molar-refractivity contribution in [1.82, 2.24) is 5.32 Å². The fraction of sp³-hybridized carbons (Fsp3) is 0.261. The molecule has 0 saturated carbocycles. The molecule has 3 rings (SSSR count). The van der Waals surface area contributed by atoms with Crippen molar-refractivity contribution in [3.05, 3.63) is 71.8 Å². The van der Waals surface area contributed by atoms with E-state index in [-0.39, 0.29) is 5.91 Å². The third-order valence-electron chi connectivity index (χ3n) is 4.43. The first-order valence-corrected chi connectivity index (χ1v) is 9.17. The van der Waals surface area contributed by atoms with Crippen LogP contribution in [0.3, 0.4) is 0 Å². The van der Waals surface area contributed by atoms with Crippen LogP contribution in [0.5, 0.6) is 11.5 Å². The zero-order chi connectivity index (χ0) is 19.2. The van der Waals surface area contributed by atoms with Crippen molar-refractivity contribution < 1.29 is 14.3 Å². The van der Waals surface area contributed by atoms with Gasteiger partial charge in [0.15, 0.2) is 6.10 Å². The molecule has 1 N–H and O–H groups in total. The second kappa shape index (κ2) is 8.58. The van der Waals surface area contributed by atoms with Crippen LogP contribution in [0.25, 0.3) is 10.8 Å². The second-order valence-corrected chi connectivity index (χ2v) is 6.65. The van der Waals surface area contributed by atoms with E-state index in [0.717, 1.165) is 33.4 Å². The molecule has 4 heteroatoms. The van der Waals surface area contributed by atoms with Crippen molar-refractivity contribution in [2.45, 2.75) is 26.9 Å². The number of carbonyl (C=O) groups is 1. The maximum absolute atomic E-state index is 12.3. The van der Waals surface area contributed by atoms with Crippen molar-refractivity contribution in [3.8, 4) is 11.5 Å². The van der Waals surface area contributed by atoms with Crippen molar-refractivity contribution in [1.29, 1.82) is 0 Å². The number of aryl methyl sites for hydroxylation is 2.